The Hall–Kier alpha value is -1.82. The molecule has 1 saturated heterocycles. The van der Waals surface area contributed by atoms with Crippen LogP contribution in [0.5, 0.6) is 0 Å². The highest BCUT2D eigenvalue weighted by atomic mass is 16.5. The molecule has 2 rings (SSSR count). The molecule has 2 heterocycles. The van der Waals surface area contributed by atoms with Crippen molar-refractivity contribution in [3.63, 3.8) is 0 Å². The third-order valence-corrected chi connectivity index (χ3v) is 2.87. The Labute approximate surface area is 105 Å². The molecule has 1 atom stereocenters. The number of esters is 1. The number of nitrogens with zero attached hydrogens (tertiary/aromatic N) is 2. The Morgan fingerprint density at radius 2 is 2.56 bits per heavy atom. The van der Waals surface area contributed by atoms with Crippen LogP contribution in [0.1, 0.15) is 24.4 Å². The number of methoxy groups -OCH3 is 1. The summed E-state index contributed by atoms with van der Waals surface area (Å²) >= 11 is 0. The molecule has 0 aromatic carbocycles. The van der Waals surface area contributed by atoms with E-state index in [0.717, 1.165) is 19.4 Å². The summed E-state index contributed by atoms with van der Waals surface area (Å²) in [6.07, 6.45) is 3.21. The molecule has 1 aromatic rings. The fraction of sp³-hybridized carbons (Fsp3) is 0.500. The molecule has 0 spiro atoms. The van der Waals surface area contributed by atoms with E-state index < -0.39 is 0 Å². The van der Waals surface area contributed by atoms with Crippen LogP contribution in [0.3, 0.4) is 0 Å². The first-order valence-corrected chi connectivity index (χ1v) is 5.82. The van der Waals surface area contributed by atoms with Crippen molar-refractivity contribution in [2.75, 3.05) is 13.7 Å². The molecule has 0 amide bonds. The molecule has 1 N–H and O–H groups in total. The molecule has 0 aliphatic carbocycles. The lowest BCUT2D eigenvalue weighted by atomic mass is 10.2. The van der Waals surface area contributed by atoms with Gasteiger partial charge < -0.3 is 14.3 Å². The number of hydrogen-bond donors (Lipinski definition) is 1. The Kier molecular flexibility index (Phi) is 3.99. The van der Waals surface area contributed by atoms with Gasteiger partial charge in [0, 0.05) is 6.54 Å². The lowest BCUT2D eigenvalue weighted by Crippen LogP contribution is -2.33. The predicted octanol–water partition coefficient (Wildman–Crippen LogP) is 0.743. The summed E-state index contributed by atoms with van der Waals surface area (Å²) in [6, 6.07) is 3.10. The van der Waals surface area contributed by atoms with E-state index in [0.29, 0.717) is 11.5 Å². The molecule has 0 radical (unpaired) electrons. The lowest BCUT2D eigenvalue weighted by Gasteiger charge is -2.18. The van der Waals surface area contributed by atoms with E-state index in [9.17, 15) is 4.79 Å². The Balaban J connectivity index is 2.01. The van der Waals surface area contributed by atoms with Gasteiger partial charge in [0.05, 0.1) is 13.3 Å². The van der Waals surface area contributed by atoms with Crippen LogP contribution in [-0.4, -0.2) is 42.0 Å². The fourth-order valence-electron chi connectivity index (χ4n) is 1.95. The number of aliphatic hydroxyl groups excluding tert-OH is 1. The number of rotatable bonds is 4. The van der Waals surface area contributed by atoms with Gasteiger partial charge in [-0.05, 0) is 25.0 Å². The van der Waals surface area contributed by atoms with Gasteiger partial charge in [-0.3, -0.25) is 5.01 Å². The minimum absolute atomic E-state index is 0.137. The minimum atomic E-state index is -0.307. The second kappa shape index (κ2) is 5.68. The second-order valence-corrected chi connectivity index (χ2v) is 4.05. The highest BCUT2D eigenvalue weighted by molar-refractivity contribution is 5.78. The van der Waals surface area contributed by atoms with Crippen molar-refractivity contribution in [1.82, 2.24) is 5.01 Å². The molecule has 1 unspecified atom stereocenters. The van der Waals surface area contributed by atoms with Crippen LogP contribution in [0.25, 0.3) is 0 Å². The number of hydrogen-bond acceptors (Lipinski definition) is 6. The van der Waals surface area contributed by atoms with Gasteiger partial charge in [-0.1, -0.05) is 0 Å². The maximum absolute atomic E-state index is 11.5. The van der Waals surface area contributed by atoms with Crippen molar-refractivity contribution >= 4 is 12.2 Å². The van der Waals surface area contributed by atoms with Gasteiger partial charge in [0.1, 0.15) is 24.2 Å². The molecule has 1 aromatic heterocycles. The average Bonchev–Trinajstić information content (AvgIpc) is 3.03. The maximum atomic E-state index is 11.5. The number of carbonyl (C=O) groups is 1. The lowest BCUT2D eigenvalue weighted by molar-refractivity contribution is -0.145. The van der Waals surface area contributed by atoms with Crippen molar-refractivity contribution in [2.24, 2.45) is 5.10 Å². The number of furan rings is 1. The summed E-state index contributed by atoms with van der Waals surface area (Å²) in [5, 5.41) is 14.8. The van der Waals surface area contributed by atoms with E-state index in [1.807, 2.05) is 0 Å². The average molecular weight is 252 g/mol. The Bertz CT molecular complexity index is 441. The fourth-order valence-corrected chi connectivity index (χ4v) is 1.95. The van der Waals surface area contributed by atoms with Crippen LogP contribution in [0.4, 0.5) is 0 Å². The molecule has 98 valence electrons. The van der Waals surface area contributed by atoms with Crippen LogP contribution >= 0.6 is 0 Å². The maximum Gasteiger partial charge on any atom is 0.330 e. The summed E-state index contributed by atoms with van der Waals surface area (Å²) in [5.74, 6) is 0.775. The summed E-state index contributed by atoms with van der Waals surface area (Å²) in [5.41, 5.74) is 0. The molecule has 1 fully saturated rings. The zero-order chi connectivity index (χ0) is 13.0. The van der Waals surface area contributed by atoms with Crippen molar-refractivity contribution in [2.45, 2.75) is 25.5 Å². The molecule has 6 nitrogen and oxygen atoms in total. The first kappa shape index (κ1) is 12.6. The third-order valence-electron chi connectivity index (χ3n) is 2.87. The van der Waals surface area contributed by atoms with Crippen molar-refractivity contribution in [3.8, 4) is 0 Å². The number of ether oxygens (including phenoxy) is 1. The monoisotopic (exact) mass is 252 g/mol. The van der Waals surface area contributed by atoms with E-state index in [1.165, 1.54) is 7.11 Å². The van der Waals surface area contributed by atoms with E-state index in [4.69, 9.17) is 14.3 Å². The van der Waals surface area contributed by atoms with Crippen LogP contribution in [0.2, 0.25) is 0 Å². The third kappa shape index (κ3) is 2.70. The smallest absolute Gasteiger partial charge is 0.330 e. The van der Waals surface area contributed by atoms with Gasteiger partial charge in [0.25, 0.3) is 0 Å². The van der Waals surface area contributed by atoms with Crippen LogP contribution < -0.4 is 0 Å². The Morgan fingerprint density at radius 3 is 3.22 bits per heavy atom. The number of carbonyl (C=O) groups excluding carboxylic acids is 1. The topological polar surface area (TPSA) is 75.3 Å². The predicted molar refractivity (Wildman–Crippen MR) is 64.0 cm³/mol. The van der Waals surface area contributed by atoms with E-state index in [1.54, 1.807) is 23.4 Å². The highest BCUT2D eigenvalue weighted by Gasteiger charge is 2.30. The molecule has 1 aliphatic heterocycles. The zero-order valence-electron chi connectivity index (χ0n) is 10.2. The molecule has 6 heteroatoms. The van der Waals surface area contributed by atoms with Gasteiger partial charge in [0.15, 0.2) is 0 Å². The largest absolute Gasteiger partial charge is 0.467 e. The van der Waals surface area contributed by atoms with E-state index in [-0.39, 0.29) is 18.6 Å². The SMILES string of the molecule is COC(=O)C1CCCN1N=Cc1ccc(CO)o1. The normalized spacial score (nSPS) is 19.7. The van der Waals surface area contributed by atoms with Crippen LogP contribution in [0, 0.1) is 0 Å². The van der Waals surface area contributed by atoms with Gasteiger partial charge in [0.2, 0.25) is 0 Å². The minimum Gasteiger partial charge on any atom is -0.467 e. The van der Waals surface area contributed by atoms with Gasteiger partial charge in [-0.15, -0.1) is 0 Å². The van der Waals surface area contributed by atoms with Crippen molar-refractivity contribution in [3.05, 3.63) is 23.7 Å². The highest BCUT2D eigenvalue weighted by Crippen LogP contribution is 2.18. The number of hydrazone groups is 1. The van der Waals surface area contributed by atoms with Gasteiger partial charge >= 0.3 is 5.97 Å². The van der Waals surface area contributed by atoms with Gasteiger partial charge in [-0.2, -0.15) is 5.10 Å². The first-order chi connectivity index (χ1) is 8.74. The quantitative estimate of drug-likeness (QED) is 0.632. The molecule has 1 aliphatic rings. The van der Waals surface area contributed by atoms with Crippen molar-refractivity contribution < 1.29 is 19.1 Å². The van der Waals surface area contributed by atoms with Crippen LogP contribution in [-0.2, 0) is 16.1 Å². The molecule has 18 heavy (non-hydrogen) atoms. The van der Waals surface area contributed by atoms with E-state index >= 15 is 0 Å². The molecular weight excluding hydrogens is 236 g/mol. The summed E-state index contributed by atoms with van der Waals surface area (Å²) in [4.78, 5) is 11.5. The summed E-state index contributed by atoms with van der Waals surface area (Å²) in [6.45, 7) is 0.589. The summed E-state index contributed by atoms with van der Waals surface area (Å²) in [7, 11) is 1.38. The van der Waals surface area contributed by atoms with Gasteiger partial charge in [-0.25, -0.2) is 4.79 Å². The Morgan fingerprint density at radius 1 is 1.72 bits per heavy atom. The molecule has 0 bridgehead atoms. The molecule has 0 saturated carbocycles. The van der Waals surface area contributed by atoms with Crippen molar-refractivity contribution in [1.29, 1.82) is 0 Å². The summed E-state index contributed by atoms with van der Waals surface area (Å²) < 4.78 is 10.00. The second-order valence-electron chi connectivity index (χ2n) is 4.05. The van der Waals surface area contributed by atoms with E-state index in [2.05, 4.69) is 5.10 Å². The van der Waals surface area contributed by atoms with Crippen LogP contribution in [0.15, 0.2) is 21.7 Å². The first-order valence-electron chi connectivity index (χ1n) is 5.82. The number of aliphatic hydroxyl groups is 1. The zero-order valence-corrected chi connectivity index (χ0v) is 10.2. The standard InChI is InChI=1S/C12H16N2O4/c1-17-12(16)11-3-2-6-14(11)13-7-9-4-5-10(8-15)18-9/h4-5,7,11,15H,2-3,6,8H2,1H3. The molecular formula is C12H16N2O4.